The number of carbonyl (C=O) groups is 1. The molecule has 3 saturated heterocycles. The van der Waals surface area contributed by atoms with Crippen LogP contribution in [0.4, 0.5) is 19.0 Å². The van der Waals surface area contributed by atoms with E-state index in [0.29, 0.717) is 60.0 Å². The summed E-state index contributed by atoms with van der Waals surface area (Å²) in [4.78, 5) is 29.1. The van der Waals surface area contributed by atoms with E-state index in [9.17, 15) is 18.7 Å². The average molecular weight is 607 g/mol. The Bertz CT molecular complexity index is 1800. The number of primary amides is 1. The highest BCUT2D eigenvalue weighted by molar-refractivity contribution is 6.01. The SMILES string of the molecule is CCc1c(F)ccc2cc(O)cc(-c3ncc4c(N5CC(CC(N)=O)C5)nc(OC[C@@]56CCCN5C[C@H](F)C6)nc4c3F)c12. The van der Waals surface area contributed by atoms with Crippen LogP contribution in [0.5, 0.6) is 11.8 Å². The van der Waals surface area contributed by atoms with Gasteiger partial charge in [0.05, 0.1) is 10.9 Å². The van der Waals surface area contributed by atoms with Gasteiger partial charge in [-0.15, -0.1) is 0 Å². The van der Waals surface area contributed by atoms with Crippen molar-refractivity contribution in [2.24, 2.45) is 11.7 Å². The van der Waals surface area contributed by atoms with E-state index in [1.807, 2.05) is 4.90 Å². The van der Waals surface area contributed by atoms with Crippen molar-refractivity contribution in [3.8, 4) is 23.0 Å². The maximum atomic E-state index is 16.6. The Morgan fingerprint density at radius 2 is 2.02 bits per heavy atom. The fraction of sp³-hybridized carbons (Fsp3) is 0.438. The van der Waals surface area contributed by atoms with Gasteiger partial charge in [-0.2, -0.15) is 9.97 Å². The van der Waals surface area contributed by atoms with E-state index in [1.54, 1.807) is 13.0 Å². The number of benzene rings is 2. The van der Waals surface area contributed by atoms with Crippen molar-refractivity contribution in [1.82, 2.24) is 19.9 Å². The Kier molecular flexibility index (Phi) is 6.99. The second-order valence-corrected chi connectivity index (χ2v) is 12.3. The van der Waals surface area contributed by atoms with Crippen LogP contribution in [0.25, 0.3) is 32.9 Å². The van der Waals surface area contributed by atoms with Crippen molar-refractivity contribution in [2.45, 2.75) is 50.7 Å². The number of fused-ring (bicyclic) bond motifs is 3. The first-order valence-corrected chi connectivity index (χ1v) is 15.0. The fourth-order valence-corrected chi connectivity index (χ4v) is 7.35. The van der Waals surface area contributed by atoms with E-state index in [-0.39, 0.29) is 47.5 Å². The molecule has 7 rings (SSSR count). The molecule has 2 atom stereocenters. The van der Waals surface area contributed by atoms with Crippen LogP contribution >= 0.6 is 0 Å². The molecule has 12 heteroatoms. The van der Waals surface area contributed by atoms with Gasteiger partial charge >= 0.3 is 6.01 Å². The second kappa shape index (κ2) is 10.8. The number of rotatable bonds is 8. The fourth-order valence-electron chi connectivity index (χ4n) is 7.35. The molecule has 0 saturated carbocycles. The Balaban J connectivity index is 1.34. The van der Waals surface area contributed by atoms with Crippen molar-refractivity contribution in [3.63, 3.8) is 0 Å². The van der Waals surface area contributed by atoms with Gasteiger partial charge in [0.15, 0.2) is 5.82 Å². The standard InChI is InChI=1S/C32H33F3N6O3/c1-2-21-24(34)5-4-18-9-20(42)10-22(26(18)21)28-27(35)29-23(12-37-28)30(40-13-17(14-40)8-25(36)43)39-31(38-29)44-16-32-6-3-7-41(32)15-19(33)11-32/h4-5,9-10,12,17,19,42H,2-3,6-8,11,13-16H2,1H3,(H2,36,43)/t19-,32+/m1/s1. The molecule has 44 heavy (non-hydrogen) atoms. The predicted molar refractivity (Wildman–Crippen MR) is 159 cm³/mol. The number of aromatic hydroxyl groups is 1. The number of aromatic nitrogens is 3. The summed E-state index contributed by atoms with van der Waals surface area (Å²) in [6.45, 7) is 4.10. The minimum atomic E-state index is -0.934. The number of nitrogens with two attached hydrogens (primary N) is 1. The molecule has 0 unspecified atom stereocenters. The number of phenols is 1. The van der Waals surface area contributed by atoms with E-state index in [0.717, 1.165) is 19.4 Å². The van der Waals surface area contributed by atoms with Gasteiger partial charge < -0.3 is 20.5 Å². The van der Waals surface area contributed by atoms with Crippen LogP contribution in [0.3, 0.4) is 0 Å². The minimum Gasteiger partial charge on any atom is -0.508 e. The lowest BCUT2D eigenvalue weighted by Gasteiger charge is -2.40. The highest BCUT2D eigenvalue weighted by Gasteiger charge is 2.49. The van der Waals surface area contributed by atoms with Crippen molar-refractivity contribution < 1.29 is 27.8 Å². The van der Waals surface area contributed by atoms with Crippen molar-refractivity contribution in [1.29, 1.82) is 0 Å². The largest absolute Gasteiger partial charge is 0.508 e. The summed E-state index contributed by atoms with van der Waals surface area (Å²) in [5.41, 5.74) is 5.42. The Labute approximate surface area is 251 Å². The predicted octanol–water partition coefficient (Wildman–Crippen LogP) is 4.66. The zero-order valence-corrected chi connectivity index (χ0v) is 24.3. The first kappa shape index (κ1) is 28.6. The van der Waals surface area contributed by atoms with Crippen LogP contribution in [0, 0.1) is 17.6 Å². The number of ether oxygens (including phenoxy) is 1. The lowest BCUT2D eigenvalue weighted by atomic mass is 9.94. The molecule has 3 N–H and O–H groups in total. The molecule has 0 aliphatic carbocycles. The third-order valence-corrected chi connectivity index (χ3v) is 9.38. The number of nitrogens with zero attached hydrogens (tertiary/aromatic N) is 5. The molecule has 2 aromatic heterocycles. The van der Waals surface area contributed by atoms with Crippen molar-refractivity contribution in [3.05, 3.63) is 47.7 Å². The molecule has 5 heterocycles. The molecule has 1 amide bonds. The summed E-state index contributed by atoms with van der Waals surface area (Å²) in [6.07, 6.45) is 3.20. The number of carbonyl (C=O) groups excluding carboxylic acids is 1. The van der Waals surface area contributed by atoms with Gasteiger partial charge in [0.25, 0.3) is 0 Å². The molecule has 2 aromatic carbocycles. The van der Waals surface area contributed by atoms with Crippen LogP contribution in [-0.2, 0) is 11.2 Å². The number of pyridine rings is 1. The van der Waals surface area contributed by atoms with Crippen LogP contribution in [-0.4, -0.2) is 75.4 Å². The molecule has 3 aliphatic rings. The summed E-state index contributed by atoms with van der Waals surface area (Å²) >= 11 is 0. The number of amides is 1. The molecule has 9 nitrogen and oxygen atoms in total. The molecule has 4 aromatic rings. The van der Waals surface area contributed by atoms with E-state index in [4.69, 9.17) is 10.5 Å². The molecule has 3 fully saturated rings. The smallest absolute Gasteiger partial charge is 0.319 e. The van der Waals surface area contributed by atoms with Gasteiger partial charge in [-0.3, -0.25) is 14.7 Å². The molecular weight excluding hydrogens is 573 g/mol. The highest BCUT2D eigenvalue weighted by atomic mass is 19.1. The zero-order valence-electron chi connectivity index (χ0n) is 24.3. The number of hydrogen-bond acceptors (Lipinski definition) is 8. The Hall–Kier alpha value is -4.19. The molecule has 230 valence electrons. The number of aryl methyl sites for hydroxylation is 1. The van der Waals surface area contributed by atoms with Crippen molar-refractivity contribution in [2.75, 3.05) is 37.7 Å². The van der Waals surface area contributed by atoms with Gasteiger partial charge in [-0.1, -0.05) is 13.0 Å². The zero-order chi connectivity index (χ0) is 30.7. The molecule has 3 aliphatic heterocycles. The summed E-state index contributed by atoms with van der Waals surface area (Å²) < 4.78 is 52.0. The van der Waals surface area contributed by atoms with Gasteiger partial charge in [-0.25, -0.2) is 13.2 Å². The summed E-state index contributed by atoms with van der Waals surface area (Å²) in [6, 6.07) is 5.71. The number of hydrogen-bond donors (Lipinski definition) is 2. The lowest BCUT2D eigenvalue weighted by molar-refractivity contribution is -0.119. The molecule has 0 bridgehead atoms. The van der Waals surface area contributed by atoms with Gasteiger partial charge in [0.1, 0.15) is 41.4 Å². The topological polar surface area (TPSA) is 118 Å². The van der Waals surface area contributed by atoms with Gasteiger partial charge in [0, 0.05) is 50.2 Å². The number of halogens is 3. The monoisotopic (exact) mass is 606 g/mol. The van der Waals surface area contributed by atoms with Gasteiger partial charge in [-0.05, 0) is 60.3 Å². The third kappa shape index (κ3) is 4.75. The number of phenolic OH excluding ortho intramolecular Hbond substituents is 1. The maximum absolute atomic E-state index is 16.6. The van der Waals surface area contributed by atoms with Crippen LogP contribution < -0.4 is 15.4 Å². The highest BCUT2D eigenvalue weighted by Crippen LogP contribution is 2.42. The van der Waals surface area contributed by atoms with E-state index in [1.165, 1.54) is 24.4 Å². The quantitative estimate of drug-likeness (QED) is 0.298. The maximum Gasteiger partial charge on any atom is 0.319 e. The first-order chi connectivity index (χ1) is 21.2. The molecule has 0 spiro atoms. The van der Waals surface area contributed by atoms with E-state index in [2.05, 4.69) is 19.9 Å². The average Bonchev–Trinajstić information content (AvgIpc) is 3.49. The van der Waals surface area contributed by atoms with E-state index >= 15 is 4.39 Å². The summed E-state index contributed by atoms with van der Waals surface area (Å²) in [7, 11) is 0. The number of anilines is 1. The van der Waals surface area contributed by atoms with Gasteiger partial charge in [0.2, 0.25) is 5.91 Å². The lowest BCUT2D eigenvalue weighted by Crippen LogP contribution is -2.48. The summed E-state index contributed by atoms with van der Waals surface area (Å²) in [5, 5.41) is 11.9. The second-order valence-electron chi connectivity index (χ2n) is 12.3. The molecular formula is C32H33F3N6O3. The van der Waals surface area contributed by atoms with E-state index < -0.39 is 29.3 Å². The number of alkyl halides is 1. The summed E-state index contributed by atoms with van der Waals surface area (Å²) in [5.74, 6) is -1.27. The van der Waals surface area contributed by atoms with Crippen LogP contribution in [0.15, 0.2) is 30.5 Å². The van der Waals surface area contributed by atoms with Crippen molar-refractivity contribution >= 4 is 33.4 Å². The normalized spacial score (nSPS) is 22.1. The van der Waals surface area contributed by atoms with Crippen LogP contribution in [0.2, 0.25) is 0 Å². The first-order valence-electron chi connectivity index (χ1n) is 15.0. The Morgan fingerprint density at radius 3 is 2.80 bits per heavy atom. The van der Waals surface area contributed by atoms with Crippen LogP contribution in [0.1, 0.15) is 38.2 Å². The third-order valence-electron chi connectivity index (χ3n) is 9.38. The minimum absolute atomic E-state index is 0.0332. The molecule has 0 radical (unpaired) electrons. The Morgan fingerprint density at radius 1 is 1.20 bits per heavy atom.